The maximum atomic E-state index is 12.6. The van der Waals surface area contributed by atoms with E-state index in [0.717, 1.165) is 81.8 Å². The Bertz CT molecular complexity index is 1720. The van der Waals surface area contributed by atoms with E-state index in [1.807, 2.05) is 67.5 Å². The molecular formula is C66H114O13. The van der Waals surface area contributed by atoms with Crippen molar-refractivity contribution in [2.75, 3.05) is 13.2 Å². The van der Waals surface area contributed by atoms with E-state index in [-0.39, 0.29) is 36.9 Å². The van der Waals surface area contributed by atoms with E-state index in [4.69, 9.17) is 34.8 Å². The molecule has 0 radical (unpaired) electrons. The van der Waals surface area contributed by atoms with Gasteiger partial charge in [0.05, 0.1) is 36.9 Å². The second kappa shape index (κ2) is 52.6. The molecule has 0 saturated carbocycles. The zero-order chi connectivity index (χ0) is 61.3. The molecule has 3 N–H and O–H groups in total. The highest BCUT2D eigenvalue weighted by Crippen LogP contribution is 2.27. The van der Waals surface area contributed by atoms with Crippen LogP contribution in [0.3, 0.4) is 0 Å². The van der Waals surface area contributed by atoms with Gasteiger partial charge in [0.2, 0.25) is 0 Å². The molecule has 0 saturated heterocycles. The van der Waals surface area contributed by atoms with E-state index in [0.29, 0.717) is 85.9 Å². The molecule has 0 aliphatic carbocycles. The minimum Gasteiger partial charge on any atom is -0.461 e. The summed E-state index contributed by atoms with van der Waals surface area (Å²) in [6.45, 7) is 40.0. The third-order valence-electron chi connectivity index (χ3n) is 13.0. The summed E-state index contributed by atoms with van der Waals surface area (Å²) in [7, 11) is 0. The SMILES string of the molecule is C=C.C=O.CC(C)CCC(CCC(C)C)C(=O)OCc1ccccc1.CC(C)CCC(CCC(C)C)C(=O)OOC(=O)C(CCC(C)C)CCC(C)C(=O)OO.CC(C)CCC(CCC(C)C)C(=O)c1ccccc1.OCCO. The molecule has 0 bridgehead atoms. The summed E-state index contributed by atoms with van der Waals surface area (Å²) in [4.78, 5) is 83.2. The number of carbonyl (C=O) groups excluding carboxylic acids is 6. The van der Waals surface area contributed by atoms with Gasteiger partial charge in [0.1, 0.15) is 13.4 Å². The summed E-state index contributed by atoms with van der Waals surface area (Å²) < 4.78 is 5.52. The third-order valence-corrected chi connectivity index (χ3v) is 13.0. The number of rotatable bonds is 33. The first-order valence-electron chi connectivity index (χ1n) is 29.5. The summed E-state index contributed by atoms with van der Waals surface area (Å²) in [6.07, 6.45) is 13.7. The van der Waals surface area contributed by atoms with Crippen molar-refractivity contribution in [3.05, 3.63) is 84.9 Å². The van der Waals surface area contributed by atoms with Crippen LogP contribution in [0.5, 0.6) is 0 Å². The van der Waals surface area contributed by atoms with Crippen molar-refractivity contribution >= 4 is 36.4 Å². The summed E-state index contributed by atoms with van der Waals surface area (Å²) in [5.41, 5.74) is 1.93. The highest BCUT2D eigenvalue weighted by molar-refractivity contribution is 5.97. The van der Waals surface area contributed by atoms with Gasteiger partial charge in [0.25, 0.3) is 0 Å². The van der Waals surface area contributed by atoms with Gasteiger partial charge >= 0.3 is 23.9 Å². The zero-order valence-electron chi connectivity index (χ0n) is 52.2. The Morgan fingerprint density at radius 1 is 0.392 bits per heavy atom. The predicted molar refractivity (Wildman–Crippen MR) is 321 cm³/mol. The number of aliphatic hydroxyl groups excluding tert-OH is 2. The van der Waals surface area contributed by atoms with Crippen LogP contribution in [0.2, 0.25) is 0 Å². The quantitative estimate of drug-likeness (QED) is 0.0201. The smallest absolute Gasteiger partial charge is 0.358 e. The van der Waals surface area contributed by atoms with Crippen LogP contribution in [0.25, 0.3) is 0 Å². The molecule has 0 heterocycles. The largest absolute Gasteiger partial charge is 0.461 e. The maximum absolute atomic E-state index is 12.6. The van der Waals surface area contributed by atoms with E-state index in [2.05, 4.69) is 115 Å². The van der Waals surface area contributed by atoms with Gasteiger partial charge in [-0.2, -0.15) is 5.26 Å². The van der Waals surface area contributed by atoms with Crippen molar-refractivity contribution in [1.82, 2.24) is 0 Å². The van der Waals surface area contributed by atoms with Gasteiger partial charge in [-0.15, -0.1) is 13.2 Å². The summed E-state index contributed by atoms with van der Waals surface area (Å²) >= 11 is 0. The standard InChI is InChI=1S/C24H44O7.C19H30O2.C18H28O.C2H6O2.C2H4.CH2O/c1-16(2)8-12-20(13-9-17(3)4)23(26)30-31-24(27)21(14-10-18(5)6)15-11-19(7)22(25)29-28;1-15(2)10-12-18(13-11-16(3)4)19(20)21-14-17-8-6-5-7-9-17;1-14(2)10-12-17(13-11-15(3)4)18(19)16-8-6-5-7-9-16;3-1-2-4;2*1-2/h16-21,28H,8-15H2,1-7H3;5-9,15-16,18H,10-14H2,1-4H3;5-9,14-15,17H,10-13H2,1-4H3;3-4H,1-2H2;1-2H2;1H2. The highest BCUT2D eigenvalue weighted by Gasteiger charge is 2.28. The topological polar surface area (TPSA) is 200 Å². The van der Waals surface area contributed by atoms with Crippen LogP contribution in [0.15, 0.2) is 73.8 Å². The monoisotopic (exact) mass is 1110 g/mol. The summed E-state index contributed by atoms with van der Waals surface area (Å²) in [6, 6.07) is 19.7. The Morgan fingerprint density at radius 2 is 0.671 bits per heavy atom. The lowest BCUT2D eigenvalue weighted by Gasteiger charge is -2.19. The number of hydrogen-bond donors (Lipinski definition) is 3. The first-order valence-corrected chi connectivity index (χ1v) is 29.5. The minimum absolute atomic E-state index is 0.0276. The molecular weight excluding hydrogens is 1000 g/mol. The Morgan fingerprint density at radius 3 is 0.962 bits per heavy atom. The number of ether oxygens (including phenoxy) is 1. The van der Waals surface area contributed by atoms with Gasteiger partial charge in [-0.3, -0.25) is 9.59 Å². The normalized spacial score (nSPS) is 11.6. The van der Waals surface area contributed by atoms with Crippen molar-refractivity contribution in [2.45, 2.75) is 213 Å². The van der Waals surface area contributed by atoms with Crippen LogP contribution in [0, 0.1) is 71.0 Å². The molecule has 2 aromatic carbocycles. The fraction of sp³-hybridized carbons (Fsp3) is 0.697. The fourth-order valence-electron chi connectivity index (χ4n) is 7.85. The van der Waals surface area contributed by atoms with Crippen LogP contribution >= 0.6 is 0 Å². The average Bonchev–Trinajstić information content (AvgIpc) is 3.42. The summed E-state index contributed by atoms with van der Waals surface area (Å²) in [5, 5.41) is 23.8. The molecule has 0 amide bonds. The highest BCUT2D eigenvalue weighted by atomic mass is 17.2. The van der Waals surface area contributed by atoms with Crippen molar-refractivity contribution in [3.63, 3.8) is 0 Å². The van der Waals surface area contributed by atoms with E-state index < -0.39 is 29.7 Å². The van der Waals surface area contributed by atoms with Crippen molar-refractivity contribution in [1.29, 1.82) is 0 Å². The second-order valence-electron chi connectivity index (χ2n) is 23.6. The van der Waals surface area contributed by atoms with E-state index in [1.54, 1.807) is 6.92 Å². The second-order valence-corrected chi connectivity index (χ2v) is 23.6. The van der Waals surface area contributed by atoms with Gasteiger partial charge in [-0.25, -0.2) is 24.2 Å². The van der Waals surface area contributed by atoms with Crippen LogP contribution in [-0.2, 0) is 50.0 Å². The van der Waals surface area contributed by atoms with E-state index in [1.165, 1.54) is 0 Å². The lowest BCUT2D eigenvalue weighted by molar-refractivity contribution is -0.266. The number of hydrogen-bond acceptors (Lipinski definition) is 13. The van der Waals surface area contributed by atoms with Gasteiger partial charge in [0, 0.05) is 11.5 Å². The molecule has 2 aromatic rings. The van der Waals surface area contributed by atoms with Gasteiger partial charge in [-0.05, 0) is 105 Å². The average molecular weight is 1120 g/mol. The third kappa shape index (κ3) is 47.8. The van der Waals surface area contributed by atoms with Crippen molar-refractivity contribution in [3.8, 4) is 0 Å². The number of esters is 1. The molecule has 13 nitrogen and oxygen atoms in total. The van der Waals surface area contributed by atoms with E-state index in [9.17, 15) is 24.0 Å². The number of ketones is 1. The maximum Gasteiger partial charge on any atom is 0.358 e. The molecule has 456 valence electrons. The molecule has 0 fully saturated rings. The first kappa shape index (κ1) is 80.8. The van der Waals surface area contributed by atoms with Crippen LogP contribution < -0.4 is 0 Å². The van der Waals surface area contributed by atoms with Gasteiger partial charge in [-0.1, -0.05) is 209 Å². The van der Waals surface area contributed by atoms with Crippen LogP contribution in [0.1, 0.15) is 223 Å². The Labute approximate surface area is 480 Å². The number of Topliss-reactive ketones (excluding diaryl/α,β-unsaturated/α-hetero) is 1. The van der Waals surface area contributed by atoms with E-state index >= 15 is 0 Å². The molecule has 0 aromatic heterocycles. The Balaban J connectivity index is -0.000000514. The van der Waals surface area contributed by atoms with Crippen molar-refractivity contribution < 1.29 is 63.6 Å². The summed E-state index contributed by atoms with van der Waals surface area (Å²) in [5.74, 6) is 1.38. The number of aliphatic hydroxyl groups is 2. The lowest BCUT2D eigenvalue weighted by Crippen LogP contribution is -2.25. The number of carbonyl (C=O) groups is 6. The van der Waals surface area contributed by atoms with Gasteiger partial charge < -0.3 is 24.6 Å². The lowest BCUT2D eigenvalue weighted by atomic mass is 9.86. The molecule has 0 spiro atoms. The first-order chi connectivity index (χ1) is 37.4. The molecule has 79 heavy (non-hydrogen) atoms. The molecule has 2 unspecified atom stereocenters. The van der Waals surface area contributed by atoms with Gasteiger partial charge in [0.15, 0.2) is 5.78 Å². The van der Waals surface area contributed by atoms with Crippen LogP contribution in [-0.4, -0.2) is 65.1 Å². The Hall–Kier alpha value is -4.72. The predicted octanol–water partition coefficient (Wildman–Crippen LogP) is 16.1. The van der Waals surface area contributed by atoms with Crippen molar-refractivity contribution in [2.24, 2.45) is 71.0 Å². The molecule has 0 aliphatic heterocycles. The minimum atomic E-state index is -0.736. The molecule has 13 heteroatoms. The van der Waals surface area contributed by atoms with Crippen LogP contribution in [0.4, 0.5) is 0 Å². The zero-order valence-corrected chi connectivity index (χ0v) is 52.2. The Kier molecular flexibility index (Phi) is 53.8. The fourth-order valence-corrected chi connectivity index (χ4v) is 7.85. The number of benzene rings is 2. The molecule has 2 rings (SSSR count). The molecule has 0 aliphatic rings. The molecule has 2 atom stereocenters.